The topological polar surface area (TPSA) is 92.0 Å². The molecular weight excluding hydrogens is 390 g/mol. The molecule has 9 heteroatoms. The highest BCUT2D eigenvalue weighted by molar-refractivity contribution is 9.11. The van der Waals surface area contributed by atoms with Gasteiger partial charge in [0.2, 0.25) is 17.8 Å². The van der Waals surface area contributed by atoms with Crippen molar-refractivity contribution in [3.8, 4) is 0 Å². The molecule has 1 heterocycles. The van der Waals surface area contributed by atoms with Crippen molar-refractivity contribution in [3.63, 3.8) is 0 Å². The molecule has 4 N–H and O–H groups in total. The first-order chi connectivity index (χ1) is 9.49. The van der Waals surface area contributed by atoms with E-state index >= 15 is 0 Å². The van der Waals surface area contributed by atoms with Crippen LogP contribution in [-0.4, -0.2) is 29.0 Å². The molecule has 0 saturated carbocycles. The number of hydrazine groups is 1. The second kappa shape index (κ2) is 6.33. The van der Waals surface area contributed by atoms with Crippen LogP contribution in [0.25, 0.3) is 0 Å². The Morgan fingerprint density at radius 2 is 1.80 bits per heavy atom. The highest BCUT2D eigenvalue weighted by Crippen LogP contribution is 2.28. The van der Waals surface area contributed by atoms with Crippen LogP contribution in [0.4, 0.5) is 23.5 Å². The summed E-state index contributed by atoms with van der Waals surface area (Å²) in [6.45, 7) is 0. The van der Waals surface area contributed by atoms with Crippen molar-refractivity contribution in [2.45, 2.75) is 0 Å². The van der Waals surface area contributed by atoms with Gasteiger partial charge in [-0.25, -0.2) is 5.84 Å². The lowest BCUT2D eigenvalue weighted by Crippen LogP contribution is -2.18. The van der Waals surface area contributed by atoms with Crippen molar-refractivity contribution < 1.29 is 0 Å². The van der Waals surface area contributed by atoms with Gasteiger partial charge in [-0.3, -0.25) is 5.43 Å². The van der Waals surface area contributed by atoms with Crippen LogP contribution in [0.5, 0.6) is 0 Å². The summed E-state index contributed by atoms with van der Waals surface area (Å²) in [6, 6.07) is 5.77. The maximum atomic E-state index is 5.37. The Labute approximate surface area is 133 Å². The van der Waals surface area contributed by atoms with Gasteiger partial charge in [-0.2, -0.15) is 15.0 Å². The van der Waals surface area contributed by atoms with Crippen molar-refractivity contribution in [1.29, 1.82) is 0 Å². The molecule has 106 valence electrons. The quantitative estimate of drug-likeness (QED) is 0.534. The zero-order chi connectivity index (χ0) is 14.7. The van der Waals surface area contributed by atoms with Gasteiger partial charge in [0.15, 0.2) is 0 Å². The van der Waals surface area contributed by atoms with Crippen molar-refractivity contribution in [2.75, 3.05) is 29.7 Å². The summed E-state index contributed by atoms with van der Waals surface area (Å²) in [4.78, 5) is 14.4. The van der Waals surface area contributed by atoms with Crippen LogP contribution in [0.15, 0.2) is 27.1 Å². The van der Waals surface area contributed by atoms with Crippen LogP contribution in [0.3, 0.4) is 0 Å². The molecule has 2 aromatic rings. The van der Waals surface area contributed by atoms with Crippen molar-refractivity contribution in [3.05, 3.63) is 27.1 Å². The summed E-state index contributed by atoms with van der Waals surface area (Å²) in [7, 11) is 3.68. The highest BCUT2D eigenvalue weighted by Gasteiger charge is 2.09. The molecule has 20 heavy (non-hydrogen) atoms. The molecule has 0 aliphatic carbocycles. The lowest BCUT2D eigenvalue weighted by molar-refractivity contribution is 0.957. The minimum absolute atomic E-state index is 0.289. The minimum Gasteiger partial charge on any atom is -0.347 e. The van der Waals surface area contributed by atoms with E-state index in [4.69, 9.17) is 5.84 Å². The summed E-state index contributed by atoms with van der Waals surface area (Å²) in [5.41, 5.74) is 3.26. The second-order valence-electron chi connectivity index (χ2n) is 4.07. The molecular formula is C11H13Br2N7. The number of nitrogens with two attached hydrogens (primary N) is 1. The third kappa shape index (κ3) is 3.56. The summed E-state index contributed by atoms with van der Waals surface area (Å²) in [5, 5.41) is 3.12. The van der Waals surface area contributed by atoms with Crippen LogP contribution < -0.4 is 21.5 Å². The molecule has 0 saturated heterocycles. The fourth-order valence-electron chi connectivity index (χ4n) is 1.40. The number of nitrogen functional groups attached to an aromatic ring is 1. The van der Waals surface area contributed by atoms with Gasteiger partial charge in [-0.05, 0) is 34.1 Å². The summed E-state index contributed by atoms with van der Waals surface area (Å²) in [5.74, 6) is 6.56. The molecule has 7 nitrogen and oxygen atoms in total. The number of benzene rings is 1. The first-order valence-electron chi connectivity index (χ1n) is 5.61. The maximum absolute atomic E-state index is 5.37. The number of nitrogens with one attached hydrogen (secondary N) is 2. The minimum atomic E-state index is 0.289. The molecule has 0 bridgehead atoms. The number of anilines is 4. The molecule has 0 atom stereocenters. The number of rotatable bonds is 4. The molecule has 0 unspecified atom stereocenters. The molecule has 0 amide bonds. The summed E-state index contributed by atoms with van der Waals surface area (Å²) < 4.78 is 1.84. The lowest BCUT2D eigenvalue weighted by Gasteiger charge is -2.13. The fourth-order valence-corrected chi connectivity index (χ4v) is 2.11. The Hall–Kier alpha value is -1.45. The Bertz CT molecular complexity index is 618. The third-order valence-corrected chi connectivity index (χ3v) is 3.51. The molecule has 0 radical (unpaired) electrons. The van der Waals surface area contributed by atoms with E-state index in [0.717, 1.165) is 14.6 Å². The predicted molar refractivity (Wildman–Crippen MR) is 87.1 cm³/mol. The normalized spacial score (nSPS) is 10.2. The van der Waals surface area contributed by atoms with Gasteiger partial charge in [0.05, 0.1) is 5.69 Å². The van der Waals surface area contributed by atoms with Crippen LogP contribution in [0.1, 0.15) is 0 Å². The molecule has 1 aromatic carbocycles. The van der Waals surface area contributed by atoms with Crippen LogP contribution in [-0.2, 0) is 0 Å². The number of aromatic nitrogens is 3. The van der Waals surface area contributed by atoms with Crippen molar-refractivity contribution in [2.24, 2.45) is 5.84 Å². The van der Waals surface area contributed by atoms with E-state index in [0.29, 0.717) is 11.9 Å². The Kier molecular flexibility index (Phi) is 4.73. The van der Waals surface area contributed by atoms with Crippen LogP contribution >= 0.6 is 31.9 Å². The number of hydrogen-bond acceptors (Lipinski definition) is 7. The van der Waals surface area contributed by atoms with Crippen molar-refractivity contribution >= 4 is 55.4 Å². The molecule has 0 aliphatic heterocycles. The van der Waals surface area contributed by atoms with E-state index in [1.165, 1.54) is 0 Å². The standard InChI is InChI=1S/C11H13Br2N7/c1-20(2)11-17-9(16-10(18-11)19-14)15-8-5-6(12)3-4-7(8)13/h3-5H,14H2,1-2H3,(H2,15,16,17,18,19). The molecule has 2 rings (SSSR count). The number of nitrogens with zero attached hydrogens (tertiary/aromatic N) is 4. The lowest BCUT2D eigenvalue weighted by atomic mass is 10.3. The molecule has 0 spiro atoms. The zero-order valence-electron chi connectivity index (χ0n) is 10.9. The van der Waals surface area contributed by atoms with Gasteiger partial charge < -0.3 is 10.2 Å². The highest BCUT2D eigenvalue weighted by atomic mass is 79.9. The first-order valence-corrected chi connectivity index (χ1v) is 7.20. The van der Waals surface area contributed by atoms with E-state index in [9.17, 15) is 0 Å². The maximum Gasteiger partial charge on any atom is 0.243 e. The van der Waals surface area contributed by atoms with Gasteiger partial charge in [-0.1, -0.05) is 15.9 Å². The van der Waals surface area contributed by atoms with Crippen molar-refractivity contribution in [1.82, 2.24) is 15.0 Å². The monoisotopic (exact) mass is 401 g/mol. The van der Waals surface area contributed by atoms with Gasteiger partial charge >= 0.3 is 0 Å². The Balaban J connectivity index is 2.37. The van der Waals surface area contributed by atoms with Gasteiger partial charge in [0, 0.05) is 23.0 Å². The van der Waals surface area contributed by atoms with E-state index in [2.05, 4.69) is 57.6 Å². The summed E-state index contributed by atoms with van der Waals surface area (Å²) in [6.07, 6.45) is 0. The van der Waals surface area contributed by atoms with Crippen LogP contribution in [0.2, 0.25) is 0 Å². The van der Waals surface area contributed by atoms with E-state index < -0.39 is 0 Å². The van der Waals surface area contributed by atoms with E-state index in [1.54, 1.807) is 4.90 Å². The molecule has 0 fully saturated rings. The van der Waals surface area contributed by atoms with Gasteiger partial charge in [-0.15, -0.1) is 0 Å². The van der Waals surface area contributed by atoms with Gasteiger partial charge in [0.25, 0.3) is 0 Å². The number of halogens is 2. The predicted octanol–water partition coefficient (Wildman–Crippen LogP) is 2.49. The van der Waals surface area contributed by atoms with E-state index in [1.807, 2.05) is 32.3 Å². The van der Waals surface area contributed by atoms with Gasteiger partial charge in [0.1, 0.15) is 0 Å². The van der Waals surface area contributed by atoms with E-state index in [-0.39, 0.29) is 5.95 Å². The average Bonchev–Trinajstić information content (AvgIpc) is 2.42. The SMILES string of the molecule is CN(C)c1nc(NN)nc(Nc2cc(Br)ccc2Br)n1. The first kappa shape index (κ1) is 14.9. The smallest absolute Gasteiger partial charge is 0.243 e. The summed E-state index contributed by atoms with van der Waals surface area (Å²) >= 11 is 6.89. The fraction of sp³-hybridized carbons (Fsp3) is 0.182. The average molecular weight is 403 g/mol. The second-order valence-corrected chi connectivity index (χ2v) is 5.84. The third-order valence-electron chi connectivity index (χ3n) is 2.33. The molecule has 1 aromatic heterocycles. The zero-order valence-corrected chi connectivity index (χ0v) is 14.0. The Morgan fingerprint density at radius 1 is 1.10 bits per heavy atom. The molecule has 0 aliphatic rings. The number of hydrogen-bond donors (Lipinski definition) is 3. The Morgan fingerprint density at radius 3 is 2.45 bits per heavy atom. The largest absolute Gasteiger partial charge is 0.347 e. The van der Waals surface area contributed by atoms with Crippen LogP contribution in [0, 0.1) is 0 Å².